The molecule has 274 valence electrons. The van der Waals surface area contributed by atoms with Crippen molar-refractivity contribution in [2.45, 2.75) is 69.2 Å². The normalized spacial score (nSPS) is 21.5. The molecule has 0 bridgehead atoms. The summed E-state index contributed by atoms with van der Waals surface area (Å²) in [4.78, 5) is 28.2. The highest BCUT2D eigenvalue weighted by atomic mass is 32.1. The largest absolute Gasteiger partial charge is 0.461 e. The number of nitrogens with two attached hydrogens (primary N) is 1. The summed E-state index contributed by atoms with van der Waals surface area (Å²) in [6.07, 6.45) is 3.50. The Bertz CT molecular complexity index is 2370. The summed E-state index contributed by atoms with van der Waals surface area (Å²) >= 11 is 0.973. The molecule has 4 aliphatic rings. The molecular weight excluding hydrogens is 704 g/mol. The lowest BCUT2D eigenvalue weighted by Crippen LogP contribution is -2.43. The Balaban J connectivity index is 1.22. The van der Waals surface area contributed by atoms with Gasteiger partial charge in [0.1, 0.15) is 41.0 Å². The fraction of sp³-hybridized carbons (Fsp3) is 0.447. The van der Waals surface area contributed by atoms with Gasteiger partial charge in [-0.1, -0.05) is 6.07 Å². The van der Waals surface area contributed by atoms with E-state index < -0.39 is 23.3 Å². The van der Waals surface area contributed by atoms with Crippen LogP contribution < -0.4 is 15.4 Å². The van der Waals surface area contributed by atoms with Crippen molar-refractivity contribution in [2.75, 3.05) is 51.0 Å². The molecule has 53 heavy (non-hydrogen) atoms. The van der Waals surface area contributed by atoms with E-state index in [1.54, 1.807) is 20.2 Å². The second-order valence-electron chi connectivity index (χ2n) is 15.0. The fourth-order valence-electron chi connectivity index (χ4n) is 8.64. The van der Waals surface area contributed by atoms with Gasteiger partial charge < -0.3 is 20.3 Å². The third-order valence-corrected chi connectivity index (χ3v) is 12.3. The number of alkyl halides is 1. The number of aryl methyl sites for hydroxylation is 1. The van der Waals surface area contributed by atoms with Gasteiger partial charge in [-0.15, -0.1) is 11.3 Å². The van der Waals surface area contributed by atoms with Gasteiger partial charge in [-0.25, -0.2) is 13.2 Å². The number of rotatable bonds is 7. The highest BCUT2D eigenvalue weighted by Gasteiger charge is 2.49. The number of nitrogens with zero attached hydrogens (tertiary/aromatic N) is 8. The summed E-state index contributed by atoms with van der Waals surface area (Å²) in [5.74, 6) is -0.833. The van der Waals surface area contributed by atoms with Crippen LogP contribution in [0, 0.1) is 23.0 Å². The van der Waals surface area contributed by atoms with Gasteiger partial charge >= 0.3 is 6.01 Å². The predicted molar refractivity (Wildman–Crippen MR) is 196 cm³/mol. The first-order valence-corrected chi connectivity index (χ1v) is 18.9. The Morgan fingerprint density at radius 3 is 2.77 bits per heavy atom. The van der Waals surface area contributed by atoms with E-state index in [1.165, 1.54) is 17.0 Å². The first kappa shape index (κ1) is 33.9. The van der Waals surface area contributed by atoms with Crippen molar-refractivity contribution < 1.29 is 22.7 Å². The van der Waals surface area contributed by atoms with Gasteiger partial charge in [0.15, 0.2) is 11.5 Å². The zero-order valence-corrected chi connectivity index (χ0v) is 30.3. The minimum absolute atomic E-state index is 0.0250. The maximum Gasteiger partial charge on any atom is 0.319 e. The lowest BCUT2D eigenvalue weighted by Gasteiger charge is -2.31. The third-order valence-electron chi connectivity index (χ3n) is 11.3. The number of nitrogen functional groups attached to an aromatic ring is 1. The van der Waals surface area contributed by atoms with E-state index in [1.807, 2.05) is 15.6 Å². The van der Waals surface area contributed by atoms with Crippen LogP contribution in [-0.2, 0) is 13.1 Å². The van der Waals surface area contributed by atoms with E-state index in [2.05, 4.69) is 16.1 Å². The first-order chi connectivity index (χ1) is 25.5. The Morgan fingerprint density at radius 2 is 2.00 bits per heavy atom. The van der Waals surface area contributed by atoms with Crippen LogP contribution in [0.15, 0.2) is 24.3 Å². The van der Waals surface area contributed by atoms with Gasteiger partial charge in [-0.05, 0) is 73.9 Å². The number of ether oxygens (including phenoxy) is 1. The molecular formula is C38H38F3N9O2S. The molecule has 3 fully saturated rings. The zero-order chi connectivity index (χ0) is 36.8. The fourth-order valence-corrected chi connectivity index (χ4v) is 9.59. The van der Waals surface area contributed by atoms with Crippen molar-refractivity contribution in [1.29, 1.82) is 5.26 Å². The van der Waals surface area contributed by atoms with Crippen LogP contribution in [0.1, 0.15) is 71.8 Å². The molecule has 0 unspecified atom stereocenters. The van der Waals surface area contributed by atoms with Gasteiger partial charge in [-0.3, -0.25) is 14.4 Å². The van der Waals surface area contributed by atoms with Crippen LogP contribution in [0.5, 0.6) is 6.01 Å². The number of carbonyl (C=O) groups is 1. The average Bonchev–Trinajstić information content (AvgIpc) is 3.60. The number of hydrogen-bond acceptors (Lipinski definition) is 10. The van der Waals surface area contributed by atoms with Gasteiger partial charge in [-0.2, -0.15) is 20.3 Å². The molecule has 1 saturated carbocycles. The molecule has 5 aromatic rings. The van der Waals surface area contributed by atoms with Crippen molar-refractivity contribution in [3.8, 4) is 23.2 Å². The zero-order valence-electron chi connectivity index (χ0n) is 29.5. The van der Waals surface area contributed by atoms with E-state index in [4.69, 9.17) is 20.4 Å². The Hall–Kier alpha value is -4.94. The summed E-state index contributed by atoms with van der Waals surface area (Å²) < 4.78 is 55.8. The van der Waals surface area contributed by atoms with E-state index in [-0.39, 0.29) is 56.2 Å². The summed E-state index contributed by atoms with van der Waals surface area (Å²) in [5.41, 5.74) is 8.38. The molecule has 6 heterocycles. The molecule has 0 radical (unpaired) electrons. The maximum atomic E-state index is 17.6. The van der Waals surface area contributed by atoms with E-state index in [9.17, 15) is 14.4 Å². The number of benzene rings is 2. The van der Waals surface area contributed by atoms with Crippen LogP contribution >= 0.6 is 11.3 Å². The molecule has 2 atom stereocenters. The third kappa shape index (κ3) is 5.56. The summed E-state index contributed by atoms with van der Waals surface area (Å²) in [6, 6.07) is 8.62. The number of hydrogen-bond donors (Lipinski definition) is 1. The molecule has 15 heteroatoms. The summed E-state index contributed by atoms with van der Waals surface area (Å²) in [6.45, 7) is 2.81. The minimum atomic E-state index is -0.948. The Kier molecular flexibility index (Phi) is 8.04. The predicted octanol–water partition coefficient (Wildman–Crippen LogP) is 6.38. The van der Waals surface area contributed by atoms with Crippen LogP contribution in [0.2, 0.25) is 0 Å². The summed E-state index contributed by atoms with van der Waals surface area (Å²) in [5, 5.41) is 15.6. The highest BCUT2D eigenvalue weighted by Crippen LogP contribution is 2.51. The van der Waals surface area contributed by atoms with Crippen molar-refractivity contribution >= 4 is 49.1 Å². The quantitative estimate of drug-likeness (QED) is 0.202. The van der Waals surface area contributed by atoms with Crippen molar-refractivity contribution in [3.05, 3.63) is 58.4 Å². The van der Waals surface area contributed by atoms with Crippen molar-refractivity contribution in [3.63, 3.8) is 0 Å². The van der Waals surface area contributed by atoms with Crippen LogP contribution in [-0.4, -0.2) is 87.5 Å². The van der Waals surface area contributed by atoms with Gasteiger partial charge in [0.05, 0.1) is 28.0 Å². The van der Waals surface area contributed by atoms with Gasteiger partial charge in [0.2, 0.25) is 0 Å². The van der Waals surface area contributed by atoms with E-state index >= 15 is 8.78 Å². The van der Waals surface area contributed by atoms with E-state index in [0.717, 1.165) is 54.8 Å². The molecule has 3 aliphatic heterocycles. The molecule has 11 nitrogen and oxygen atoms in total. The number of amides is 1. The lowest BCUT2D eigenvalue weighted by molar-refractivity contribution is 0.0821. The molecule has 2 N–H and O–H groups in total. The van der Waals surface area contributed by atoms with Crippen LogP contribution in [0.4, 0.5) is 24.0 Å². The number of nitriles is 1. The second-order valence-corrected chi connectivity index (χ2v) is 16.0. The van der Waals surface area contributed by atoms with Gasteiger partial charge in [0.25, 0.3) is 5.91 Å². The number of carbonyl (C=O) groups excluding carboxylic acids is 1. The number of anilines is 2. The standard InChI is InChI=1S/C38H38F3N9O2S/c1-47(2)36(51)28-13-22-18-48(10-4-12-50(22)46-28)35-25-14-24(20-5-6-20)29(23-7-8-27(40)33-30(23)26(16-42)34(43)53-33)31(41)32(25)44-37(45-35)52-19-38-9-3-11-49(38)17-21(39)15-38/h7-8,13-14,20-21H,3-6,9-12,15,17-19,43H2,1-2H3/t21-,38+/m1/s1. The smallest absolute Gasteiger partial charge is 0.319 e. The monoisotopic (exact) mass is 741 g/mol. The molecule has 2 saturated heterocycles. The average molecular weight is 742 g/mol. The summed E-state index contributed by atoms with van der Waals surface area (Å²) in [7, 11) is 3.37. The minimum Gasteiger partial charge on any atom is -0.461 e. The van der Waals surface area contributed by atoms with Crippen molar-refractivity contribution in [2.24, 2.45) is 0 Å². The Morgan fingerprint density at radius 1 is 1.17 bits per heavy atom. The number of fused-ring (bicyclic) bond motifs is 4. The number of halogens is 3. The van der Waals surface area contributed by atoms with E-state index in [0.29, 0.717) is 61.5 Å². The lowest BCUT2D eigenvalue weighted by atomic mass is 9.91. The molecule has 1 amide bonds. The molecule has 1 aliphatic carbocycles. The van der Waals surface area contributed by atoms with Gasteiger partial charge in [0, 0.05) is 56.5 Å². The number of aromatic nitrogens is 4. The molecule has 2 aromatic carbocycles. The second kappa shape index (κ2) is 12.6. The van der Waals surface area contributed by atoms with Crippen molar-refractivity contribution in [1.82, 2.24) is 29.5 Å². The number of thiophene rings is 1. The van der Waals surface area contributed by atoms with Crippen LogP contribution in [0.3, 0.4) is 0 Å². The first-order valence-electron chi connectivity index (χ1n) is 18.1. The molecule has 9 rings (SSSR count). The maximum absolute atomic E-state index is 17.6. The highest BCUT2D eigenvalue weighted by molar-refractivity contribution is 7.23. The van der Waals surface area contributed by atoms with Crippen LogP contribution in [0.25, 0.3) is 32.1 Å². The molecule has 0 spiro atoms. The SMILES string of the molecule is CN(C)C(=O)c1cc2n(n1)CCCN(c1nc(OC[C@@]34CCCN3C[C@H](F)C4)nc3c(F)c(-c4ccc(F)c5sc(N)c(C#N)c45)c(C4CC4)cc13)C2. The Labute approximate surface area is 307 Å². The topological polar surface area (TPSA) is 129 Å². The molecule has 3 aromatic heterocycles.